The van der Waals surface area contributed by atoms with E-state index in [-0.39, 0.29) is 5.56 Å². The van der Waals surface area contributed by atoms with Gasteiger partial charge in [0, 0.05) is 10.5 Å². The Morgan fingerprint density at radius 2 is 2.00 bits per heavy atom. The summed E-state index contributed by atoms with van der Waals surface area (Å²) >= 11 is 2.61. The second kappa shape index (κ2) is 4.38. The molecule has 0 aliphatic rings. The Hall–Kier alpha value is -1.15. The number of alkyl halides is 3. The lowest BCUT2D eigenvalue weighted by atomic mass is 10.1. The van der Waals surface area contributed by atoms with Gasteiger partial charge in [0.15, 0.2) is 0 Å². The third-order valence-electron chi connectivity index (χ3n) is 1.85. The molecule has 0 radical (unpaired) electrons. The molecule has 0 bridgehead atoms. The number of hydrogen-bond donors (Lipinski definition) is 1. The van der Waals surface area contributed by atoms with Crippen LogP contribution in [0.15, 0.2) is 16.6 Å². The Morgan fingerprint density at radius 1 is 1.44 bits per heavy atom. The first-order valence-corrected chi connectivity index (χ1v) is 4.72. The van der Waals surface area contributed by atoms with Gasteiger partial charge in [0.2, 0.25) is 0 Å². The molecule has 0 amide bonds. The van der Waals surface area contributed by atoms with Crippen molar-refractivity contribution in [1.29, 1.82) is 0 Å². The van der Waals surface area contributed by atoms with Crippen molar-refractivity contribution in [3.63, 3.8) is 0 Å². The van der Waals surface area contributed by atoms with Gasteiger partial charge in [-0.3, -0.25) is 10.1 Å². The van der Waals surface area contributed by atoms with E-state index in [1.54, 1.807) is 0 Å². The molecule has 0 spiro atoms. The molecule has 16 heavy (non-hydrogen) atoms. The molecule has 0 saturated heterocycles. The number of nitro benzene ring substituents is 1. The molecule has 0 heterocycles. The first-order chi connectivity index (χ1) is 7.29. The van der Waals surface area contributed by atoms with Crippen LogP contribution in [0.2, 0.25) is 0 Å². The number of benzene rings is 1. The lowest BCUT2D eigenvalue weighted by molar-refractivity contribution is -0.388. The van der Waals surface area contributed by atoms with Crippen LogP contribution in [0.5, 0.6) is 0 Å². The Kier molecular flexibility index (Phi) is 3.54. The predicted molar refractivity (Wildman–Crippen MR) is 51.7 cm³/mol. The van der Waals surface area contributed by atoms with Crippen LogP contribution >= 0.6 is 15.9 Å². The highest BCUT2D eigenvalue weighted by atomic mass is 79.9. The molecule has 8 heteroatoms. The zero-order valence-electron chi connectivity index (χ0n) is 7.58. The lowest BCUT2D eigenvalue weighted by Crippen LogP contribution is -2.11. The summed E-state index contributed by atoms with van der Waals surface area (Å²) in [5.74, 6) is 0. The highest BCUT2D eigenvalue weighted by Gasteiger charge is 2.41. The second-order valence-electron chi connectivity index (χ2n) is 2.85. The van der Waals surface area contributed by atoms with E-state index in [1.165, 1.54) is 0 Å². The third-order valence-corrected chi connectivity index (χ3v) is 2.76. The molecule has 4 nitrogen and oxygen atoms in total. The Morgan fingerprint density at radius 3 is 2.38 bits per heavy atom. The van der Waals surface area contributed by atoms with Gasteiger partial charge in [-0.05, 0) is 27.6 Å². The maximum Gasteiger partial charge on any atom is 0.424 e. The minimum atomic E-state index is -4.85. The molecule has 1 rings (SSSR count). The number of nitrogens with zero attached hydrogens (tertiary/aromatic N) is 1. The van der Waals surface area contributed by atoms with Crippen molar-refractivity contribution in [2.24, 2.45) is 0 Å². The molecule has 1 aromatic rings. The van der Waals surface area contributed by atoms with Crippen molar-refractivity contribution in [2.75, 3.05) is 0 Å². The second-order valence-corrected chi connectivity index (χ2v) is 3.64. The summed E-state index contributed by atoms with van der Waals surface area (Å²) in [7, 11) is 0. The fourth-order valence-electron chi connectivity index (χ4n) is 1.15. The first-order valence-electron chi connectivity index (χ1n) is 3.93. The Balaban J connectivity index is 3.56. The fraction of sp³-hybridized carbons (Fsp3) is 0.250. The minimum absolute atomic E-state index is 0.0575. The summed E-state index contributed by atoms with van der Waals surface area (Å²) in [6.07, 6.45) is -4.85. The van der Waals surface area contributed by atoms with Crippen LogP contribution in [0.25, 0.3) is 0 Å². The molecule has 0 aliphatic carbocycles. The van der Waals surface area contributed by atoms with Gasteiger partial charge in [0.25, 0.3) is 5.69 Å². The summed E-state index contributed by atoms with van der Waals surface area (Å²) in [5, 5.41) is 19.2. The van der Waals surface area contributed by atoms with Crippen LogP contribution in [0.1, 0.15) is 11.1 Å². The van der Waals surface area contributed by atoms with E-state index in [1.807, 2.05) is 0 Å². The number of aliphatic hydroxyl groups excluding tert-OH is 1. The van der Waals surface area contributed by atoms with E-state index < -0.39 is 33.4 Å². The van der Waals surface area contributed by atoms with Crippen molar-refractivity contribution < 1.29 is 23.2 Å². The van der Waals surface area contributed by atoms with E-state index in [9.17, 15) is 23.3 Å². The maximum absolute atomic E-state index is 12.6. The smallest absolute Gasteiger partial charge is 0.392 e. The molecule has 0 unspecified atom stereocenters. The van der Waals surface area contributed by atoms with Gasteiger partial charge in [0.1, 0.15) is 5.56 Å². The van der Waals surface area contributed by atoms with Crippen LogP contribution in [0.3, 0.4) is 0 Å². The zero-order chi connectivity index (χ0) is 12.5. The van der Waals surface area contributed by atoms with Crippen molar-refractivity contribution in [2.45, 2.75) is 12.8 Å². The summed E-state index contributed by atoms with van der Waals surface area (Å²) in [6.45, 7) is -0.637. The molecule has 0 fully saturated rings. The number of nitro groups is 1. The van der Waals surface area contributed by atoms with Crippen LogP contribution in [-0.4, -0.2) is 10.0 Å². The van der Waals surface area contributed by atoms with Gasteiger partial charge in [-0.1, -0.05) is 0 Å². The highest BCUT2D eigenvalue weighted by Crippen LogP contribution is 2.42. The van der Waals surface area contributed by atoms with Crippen molar-refractivity contribution in [3.05, 3.63) is 37.8 Å². The molecule has 0 atom stereocenters. The van der Waals surface area contributed by atoms with Gasteiger partial charge in [-0.25, -0.2) is 0 Å². The molecule has 0 saturated carbocycles. The summed E-state index contributed by atoms with van der Waals surface area (Å²) in [5.41, 5.74) is -2.49. The summed E-state index contributed by atoms with van der Waals surface area (Å²) in [6, 6.07) is 1.79. The Labute approximate surface area is 96.0 Å². The lowest BCUT2D eigenvalue weighted by Gasteiger charge is -2.11. The number of aliphatic hydroxyl groups is 1. The van der Waals surface area contributed by atoms with E-state index in [2.05, 4.69) is 15.9 Å². The van der Waals surface area contributed by atoms with Gasteiger partial charge in [0.05, 0.1) is 11.5 Å². The third kappa shape index (κ3) is 2.33. The quantitative estimate of drug-likeness (QED) is 0.674. The fourth-order valence-corrected chi connectivity index (χ4v) is 1.84. The molecule has 1 aromatic carbocycles. The van der Waals surface area contributed by atoms with Gasteiger partial charge >= 0.3 is 6.18 Å². The topological polar surface area (TPSA) is 63.4 Å². The van der Waals surface area contributed by atoms with Crippen LogP contribution < -0.4 is 0 Å². The van der Waals surface area contributed by atoms with Crippen LogP contribution in [-0.2, 0) is 12.8 Å². The standard InChI is InChI=1S/C8H5BrF3NO3/c9-7-4(3-14)1-2-5(13(15)16)6(7)8(10,11)12/h1-2,14H,3H2. The van der Waals surface area contributed by atoms with Crippen molar-refractivity contribution in [1.82, 2.24) is 0 Å². The predicted octanol–water partition coefficient (Wildman–Crippen LogP) is 2.87. The number of hydrogen-bond acceptors (Lipinski definition) is 3. The largest absolute Gasteiger partial charge is 0.424 e. The van der Waals surface area contributed by atoms with Gasteiger partial charge < -0.3 is 5.11 Å². The normalized spacial score (nSPS) is 11.6. The van der Waals surface area contributed by atoms with Crippen LogP contribution in [0.4, 0.5) is 18.9 Å². The van der Waals surface area contributed by atoms with E-state index in [0.717, 1.165) is 12.1 Å². The molecule has 0 aromatic heterocycles. The monoisotopic (exact) mass is 299 g/mol. The van der Waals surface area contributed by atoms with Gasteiger partial charge in [-0.15, -0.1) is 0 Å². The van der Waals surface area contributed by atoms with E-state index in [0.29, 0.717) is 0 Å². The van der Waals surface area contributed by atoms with E-state index in [4.69, 9.17) is 5.11 Å². The average Bonchev–Trinajstić information content (AvgIpc) is 2.14. The first kappa shape index (κ1) is 12.9. The SMILES string of the molecule is O=[N+]([O-])c1ccc(CO)c(Br)c1C(F)(F)F. The average molecular weight is 300 g/mol. The summed E-state index contributed by atoms with van der Waals surface area (Å²) in [4.78, 5) is 9.33. The van der Waals surface area contributed by atoms with E-state index >= 15 is 0 Å². The molecule has 0 aliphatic heterocycles. The van der Waals surface area contributed by atoms with Crippen molar-refractivity contribution in [3.8, 4) is 0 Å². The molecule has 1 N–H and O–H groups in total. The summed E-state index contributed by atoms with van der Waals surface area (Å²) < 4.78 is 37.2. The van der Waals surface area contributed by atoms with Crippen molar-refractivity contribution >= 4 is 21.6 Å². The molecular weight excluding hydrogens is 295 g/mol. The molecule has 88 valence electrons. The molecular formula is C8H5BrF3NO3. The highest BCUT2D eigenvalue weighted by molar-refractivity contribution is 9.10. The zero-order valence-corrected chi connectivity index (χ0v) is 9.17. The number of rotatable bonds is 2. The maximum atomic E-state index is 12.6. The Bertz CT molecular complexity index is 433. The van der Waals surface area contributed by atoms with Crippen LogP contribution in [0, 0.1) is 10.1 Å². The van der Waals surface area contributed by atoms with Gasteiger partial charge in [-0.2, -0.15) is 13.2 Å². The minimum Gasteiger partial charge on any atom is -0.392 e. The number of halogens is 4.